The van der Waals surface area contributed by atoms with Gasteiger partial charge in [0.15, 0.2) is 0 Å². The number of nitrogens with one attached hydrogen (secondary N) is 1. The summed E-state index contributed by atoms with van der Waals surface area (Å²) in [5.74, 6) is -1.15. The highest BCUT2D eigenvalue weighted by atomic mass is 16.6. The van der Waals surface area contributed by atoms with Crippen molar-refractivity contribution in [3.63, 3.8) is 0 Å². The Labute approximate surface area is 83.1 Å². The molecule has 0 radical (unpaired) electrons. The lowest BCUT2D eigenvalue weighted by Crippen LogP contribution is -2.36. The zero-order valence-electron chi connectivity index (χ0n) is 8.65. The van der Waals surface area contributed by atoms with Crippen LogP contribution >= 0.6 is 0 Å². The van der Waals surface area contributed by atoms with Gasteiger partial charge in [-0.15, -0.1) is 0 Å². The number of ether oxygens (including phenoxy) is 1. The van der Waals surface area contributed by atoms with Crippen LogP contribution in [0.5, 0.6) is 0 Å². The Morgan fingerprint density at radius 3 is 2.36 bits per heavy atom. The molecule has 1 fully saturated rings. The van der Waals surface area contributed by atoms with Gasteiger partial charge in [0.05, 0.1) is 5.92 Å². The van der Waals surface area contributed by atoms with E-state index >= 15 is 0 Å². The highest BCUT2D eigenvalue weighted by Crippen LogP contribution is 2.18. The van der Waals surface area contributed by atoms with Gasteiger partial charge in [0.2, 0.25) is 0 Å². The number of hydrogen-bond donors (Lipinski definition) is 3. The number of aliphatic hydroxyl groups is 2. The number of hydrogen-bond acceptors (Lipinski definition) is 5. The van der Waals surface area contributed by atoms with E-state index in [-0.39, 0.29) is 6.54 Å². The maximum absolute atomic E-state index is 11.5. The fourth-order valence-corrected chi connectivity index (χ4v) is 1.31. The Morgan fingerprint density at radius 2 is 2.00 bits per heavy atom. The Hall–Kier alpha value is -0.650. The van der Waals surface area contributed by atoms with E-state index in [1.165, 1.54) is 0 Å². The molecule has 3 atom stereocenters. The standard InChI is InChI=1S/C9H17NO4/c1-9(2,3)14-8(13)5-4-10-7(12)6(5)11/h5-7,10-12H,4H2,1-3H3. The molecule has 82 valence electrons. The summed E-state index contributed by atoms with van der Waals surface area (Å²) in [5.41, 5.74) is -0.565. The van der Waals surface area contributed by atoms with Crippen molar-refractivity contribution in [1.29, 1.82) is 0 Å². The van der Waals surface area contributed by atoms with Gasteiger partial charge in [-0.1, -0.05) is 0 Å². The summed E-state index contributed by atoms with van der Waals surface area (Å²) in [5, 5.41) is 21.1. The molecule has 1 aliphatic rings. The van der Waals surface area contributed by atoms with Gasteiger partial charge < -0.3 is 14.9 Å². The second-order valence-corrected chi connectivity index (χ2v) is 4.48. The topological polar surface area (TPSA) is 78.8 Å². The average molecular weight is 203 g/mol. The predicted molar refractivity (Wildman–Crippen MR) is 49.4 cm³/mol. The van der Waals surface area contributed by atoms with Crippen LogP contribution in [0.2, 0.25) is 0 Å². The van der Waals surface area contributed by atoms with Crippen LogP contribution in [0.25, 0.3) is 0 Å². The second kappa shape index (κ2) is 3.84. The van der Waals surface area contributed by atoms with E-state index in [1.807, 2.05) is 0 Å². The van der Waals surface area contributed by atoms with Crippen LogP contribution in [0.3, 0.4) is 0 Å². The molecule has 3 N–H and O–H groups in total. The molecule has 5 heteroatoms. The molecule has 0 aromatic rings. The minimum Gasteiger partial charge on any atom is -0.460 e. The van der Waals surface area contributed by atoms with Gasteiger partial charge >= 0.3 is 5.97 Å². The molecule has 1 aliphatic heterocycles. The van der Waals surface area contributed by atoms with Crippen molar-refractivity contribution in [3.8, 4) is 0 Å². The van der Waals surface area contributed by atoms with Crippen molar-refractivity contribution in [1.82, 2.24) is 5.32 Å². The maximum atomic E-state index is 11.5. The summed E-state index contributed by atoms with van der Waals surface area (Å²) in [6, 6.07) is 0. The highest BCUT2D eigenvalue weighted by molar-refractivity contribution is 5.74. The van der Waals surface area contributed by atoms with Gasteiger partial charge in [-0.05, 0) is 20.8 Å². The number of carbonyl (C=O) groups excluding carboxylic acids is 1. The monoisotopic (exact) mass is 203 g/mol. The van der Waals surface area contributed by atoms with Crippen molar-refractivity contribution < 1.29 is 19.7 Å². The first-order valence-corrected chi connectivity index (χ1v) is 4.63. The Kier molecular flexibility index (Phi) is 3.14. The van der Waals surface area contributed by atoms with Gasteiger partial charge in [0, 0.05) is 6.54 Å². The number of aliphatic hydroxyl groups excluding tert-OH is 2. The molecule has 14 heavy (non-hydrogen) atoms. The number of esters is 1. The third-order valence-corrected chi connectivity index (χ3v) is 1.99. The highest BCUT2D eigenvalue weighted by Gasteiger charge is 2.40. The van der Waals surface area contributed by atoms with Gasteiger partial charge in [-0.2, -0.15) is 0 Å². The van der Waals surface area contributed by atoms with Crippen LogP contribution in [0.4, 0.5) is 0 Å². The molecule has 0 aromatic heterocycles. The normalized spacial score (nSPS) is 33.1. The van der Waals surface area contributed by atoms with Crippen LogP contribution in [0.15, 0.2) is 0 Å². The third-order valence-electron chi connectivity index (χ3n) is 1.99. The predicted octanol–water partition coefficient (Wildman–Crippen LogP) is -0.773. The lowest BCUT2D eigenvalue weighted by molar-refractivity contribution is -0.163. The first kappa shape index (κ1) is 11.4. The molecular weight excluding hydrogens is 186 g/mol. The molecule has 0 spiro atoms. The molecule has 1 saturated heterocycles. The van der Waals surface area contributed by atoms with Crippen LogP contribution in [0, 0.1) is 5.92 Å². The Morgan fingerprint density at radius 1 is 1.43 bits per heavy atom. The van der Waals surface area contributed by atoms with E-state index in [4.69, 9.17) is 9.84 Å². The van der Waals surface area contributed by atoms with Crippen molar-refractivity contribution in [2.45, 2.75) is 38.7 Å². The molecule has 0 bridgehead atoms. The van der Waals surface area contributed by atoms with Crippen molar-refractivity contribution >= 4 is 5.97 Å². The lowest BCUT2D eigenvalue weighted by Gasteiger charge is -2.23. The minimum atomic E-state index is -1.08. The summed E-state index contributed by atoms with van der Waals surface area (Å²) in [6.07, 6.45) is -2.11. The summed E-state index contributed by atoms with van der Waals surface area (Å²) in [7, 11) is 0. The molecule has 3 unspecified atom stereocenters. The summed E-state index contributed by atoms with van der Waals surface area (Å²) in [6.45, 7) is 5.53. The Bertz CT molecular complexity index is 223. The number of rotatable bonds is 1. The fourth-order valence-electron chi connectivity index (χ4n) is 1.31. The van der Waals surface area contributed by atoms with Crippen LogP contribution in [0.1, 0.15) is 20.8 Å². The average Bonchev–Trinajstić information content (AvgIpc) is 2.29. The van der Waals surface area contributed by atoms with Gasteiger partial charge in [0.25, 0.3) is 0 Å². The van der Waals surface area contributed by atoms with E-state index in [0.717, 1.165) is 0 Å². The molecule has 0 aliphatic carbocycles. The van der Waals surface area contributed by atoms with Crippen molar-refractivity contribution in [2.75, 3.05) is 6.54 Å². The van der Waals surface area contributed by atoms with E-state index < -0.39 is 29.8 Å². The molecule has 1 heterocycles. The van der Waals surface area contributed by atoms with E-state index in [1.54, 1.807) is 20.8 Å². The first-order valence-electron chi connectivity index (χ1n) is 4.63. The van der Waals surface area contributed by atoms with Gasteiger partial charge in [-0.3, -0.25) is 10.1 Å². The maximum Gasteiger partial charge on any atom is 0.313 e. The molecule has 0 amide bonds. The van der Waals surface area contributed by atoms with Crippen LogP contribution < -0.4 is 5.32 Å². The zero-order valence-corrected chi connectivity index (χ0v) is 8.65. The number of carbonyl (C=O) groups is 1. The zero-order chi connectivity index (χ0) is 10.9. The van der Waals surface area contributed by atoms with Crippen molar-refractivity contribution in [2.24, 2.45) is 5.92 Å². The van der Waals surface area contributed by atoms with E-state index in [0.29, 0.717) is 0 Å². The molecule has 0 saturated carbocycles. The minimum absolute atomic E-state index is 0.247. The van der Waals surface area contributed by atoms with Crippen LogP contribution in [-0.4, -0.2) is 40.7 Å². The summed E-state index contributed by atoms with van der Waals surface area (Å²) >= 11 is 0. The fraction of sp³-hybridized carbons (Fsp3) is 0.889. The van der Waals surface area contributed by atoms with Crippen molar-refractivity contribution in [3.05, 3.63) is 0 Å². The third kappa shape index (κ3) is 2.67. The largest absolute Gasteiger partial charge is 0.460 e. The lowest BCUT2D eigenvalue weighted by atomic mass is 10.1. The Balaban J connectivity index is 2.54. The van der Waals surface area contributed by atoms with Crippen LogP contribution in [-0.2, 0) is 9.53 Å². The summed E-state index contributed by atoms with van der Waals surface area (Å²) < 4.78 is 5.09. The molecule has 5 nitrogen and oxygen atoms in total. The molecule has 1 rings (SSSR count). The van der Waals surface area contributed by atoms with Gasteiger partial charge in [0.1, 0.15) is 17.9 Å². The second-order valence-electron chi connectivity index (χ2n) is 4.48. The quantitative estimate of drug-likeness (QED) is 0.488. The molecular formula is C9H17NO4. The SMILES string of the molecule is CC(C)(C)OC(=O)C1CNC(O)C1O. The summed E-state index contributed by atoms with van der Waals surface area (Å²) in [4.78, 5) is 11.5. The first-order chi connectivity index (χ1) is 6.31. The smallest absolute Gasteiger partial charge is 0.313 e. The van der Waals surface area contributed by atoms with E-state index in [9.17, 15) is 9.90 Å². The van der Waals surface area contributed by atoms with Gasteiger partial charge in [-0.25, -0.2) is 0 Å². The molecule has 0 aromatic carbocycles. The van der Waals surface area contributed by atoms with E-state index in [2.05, 4.69) is 5.32 Å².